The second kappa shape index (κ2) is 3.34. The number of hydrogen-bond donors (Lipinski definition) is 1. The van der Waals surface area contributed by atoms with Gasteiger partial charge in [-0.05, 0) is 23.6 Å². The zero-order valence-corrected chi connectivity index (χ0v) is 9.99. The standard InChI is InChI=1S/C13H9NO2S/c1-14-12(15)8-4-2-3-7-10(17)6-5-9(11(7)8)13(14)16/h2-6,17H,1H3. The van der Waals surface area contributed by atoms with Gasteiger partial charge in [0.05, 0.1) is 0 Å². The molecule has 1 aliphatic rings. The van der Waals surface area contributed by atoms with Crippen molar-refractivity contribution in [1.29, 1.82) is 0 Å². The Hall–Kier alpha value is -1.81. The minimum absolute atomic E-state index is 0.257. The monoisotopic (exact) mass is 243 g/mol. The summed E-state index contributed by atoms with van der Waals surface area (Å²) in [7, 11) is 1.50. The molecule has 0 saturated heterocycles. The average molecular weight is 243 g/mol. The van der Waals surface area contributed by atoms with Crippen molar-refractivity contribution < 1.29 is 9.59 Å². The summed E-state index contributed by atoms with van der Waals surface area (Å²) in [5.74, 6) is -0.515. The van der Waals surface area contributed by atoms with Gasteiger partial charge in [0.25, 0.3) is 11.8 Å². The average Bonchev–Trinajstić information content (AvgIpc) is 2.35. The lowest BCUT2D eigenvalue weighted by Crippen LogP contribution is -2.36. The SMILES string of the molecule is CN1C(=O)c2cccc3c(S)ccc(c23)C1=O. The van der Waals surface area contributed by atoms with Crippen LogP contribution in [0.1, 0.15) is 20.7 Å². The quantitative estimate of drug-likeness (QED) is 0.569. The first kappa shape index (κ1) is 10.4. The summed E-state index contributed by atoms with van der Waals surface area (Å²) in [4.78, 5) is 25.9. The molecule has 0 N–H and O–H groups in total. The smallest absolute Gasteiger partial charge is 0.261 e. The van der Waals surface area contributed by atoms with Crippen LogP contribution in [0.2, 0.25) is 0 Å². The fourth-order valence-electron chi connectivity index (χ4n) is 2.20. The predicted molar refractivity (Wildman–Crippen MR) is 67.6 cm³/mol. The van der Waals surface area contributed by atoms with Crippen LogP contribution < -0.4 is 0 Å². The molecular weight excluding hydrogens is 234 g/mol. The van der Waals surface area contributed by atoms with Crippen molar-refractivity contribution in [3.8, 4) is 0 Å². The van der Waals surface area contributed by atoms with Crippen molar-refractivity contribution in [1.82, 2.24) is 4.90 Å². The molecule has 0 atom stereocenters. The molecule has 2 aromatic rings. The van der Waals surface area contributed by atoms with Crippen molar-refractivity contribution in [2.45, 2.75) is 4.90 Å². The summed E-state index contributed by atoms with van der Waals surface area (Å²) in [6, 6.07) is 8.93. The lowest BCUT2D eigenvalue weighted by atomic mass is 9.94. The second-order valence-corrected chi connectivity index (χ2v) is 4.51. The summed E-state index contributed by atoms with van der Waals surface area (Å²) in [5.41, 5.74) is 1.13. The molecule has 0 radical (unpaired) electrons. The van der Waals surface area contributed by atoms with Gasteiger partial charge in [-0.2, -0.15) is 0 Å². The van der Waals surface area contributed by atoms with E-state index in [4.69, 9.17) is 0 Å². The molecule has 3 nitrogen and oxygen atoms in total. The third-order valence-electron chi connectivity index (χ3n) is 3.09. The van der Waals surface area contributed by atoms with Crippen molar-refractivity contribution in [2.24, 2.45) is 0 Å². The van der Waals surface area contributed by atoms with Gasteiger partial charge < -0.3 is 0 Å². The Labute approximate surface area is 103 Å². The second-order valence-electron chi connectivity index (χ2n) is 4.03. The summed E-state index contributed by atoms with van der Waals surface area (Å²) < 4.78 is 0. The number of amides is 2. The lowest BCUT2D eigenvalue weighted by Gasteiger charge is -2.23. The lowest BCUT2D eigenvalue weighted by molar-refractivity contribution is 0.0650. The highest BCUT2D eigenvalue weighted by Crippen LogP contribution is 2.32. The Bertz CT molecular complexity index is 656. The highest BCUT2D eigenvalue weighted by atomic mass is 32.1. The first-order valence-corrected chi connectivity index (χ1v) is 5.63. The van der Waals surface area contributed by atoms with Crippen molar-refractivity contribution in [3.05, 3.63) is 41.5 Å². The van der Waals surface area contributed by atoms with E-state index in [1.807, 2.05) is 12.1 Å². The molecule has 0 saturated carbocycles. The van der Waals surface area contributed by atoms with E-state index in [9.17, 15) is 9.59 Å². The number of imide groups is 1. The van der Waals surface area contributed by atoms with E-state index in [1.54, 1.807) is 18.2 Å². The molecule has 3 rings (SSSR count). The largest absolute Gasteiger partial charge is 0.277 e. The zero-order valence-electron chi connectivity index (χ0n) is 9.10. The number of hydrogen-bond acceptors (Lipinski definition) is 3. The predicted octanol–water partition coefficient (Wildman–Crippen LogP) is 2.35. The van der Waals surface area contributed by atoms with Gasteiger partial charge in [0.2, 0.25) is 0 Å². The van der Waals surface area contributed by atoms with E-state index in [0.29, 0.717) is 16.5 Å². The first-order valence-electron chi connectivity index (χ1n) is 5.18. The van der Waals surface area contributed by atoms with Crippen LogP contribution in [0.15, 0.2) is 35.2 Å². The van der Waals surface area contributed by atoms with E-state index >= 15 is 0 Å². The van der Waals surface area contributed by atoms with E-state index < -0.39 is 0 Å². The Morgan fingerprint density at radius 3 is 2.35 bits per heavy atom. The van der Waals surface area contributed by atoms with Crippen LogP contribution in [0.3, 0.4) is 0 Å². The van der Waals surface area contributed by atoms with E-state index in [1.165, 1.54) is 7.05 Å². The molecule has 0 aromatic heterocycles. The first-order chi connectivity index (χ1) is 8.11. The van der Waals surface area contributed by atoms with E-state index in [2.05, 4.69) is 12.6 Å². The maximum absolute atomic E-state index is 12.0. The third kappa shape index (κ3) is 1.24. The molecule has 4 heteroatoms. The molecular formula is C13H9NO2S. The topological polar surface area (TPSA) is 37.4 Å². The van der Waals surface area contributed by atoms with Crippen molar-refractivity contribution in [2.75, 3.05) is 7.05 Å². The number of carbonyl (C=O) groups excluding carboxylic acids is 2. The van der Waals surface area contributed by atoms with Gasteiger partial charge >= 0.3 is 0 Å². The van der Waals surface area contributed by atoms with Crippen LogP contribution in [0.25, 0.3) is 10.8 Å². The third-order valence-corrected chi connectivity index (χ3v) is 3.48. The van der Waals surface area contributed by atoms with Crippen LogP contribution in [-0.4, -0.2) is 23.8 Å². The molecule has 1 aliphatic heterocycles. The summed E-state index contributed by atoms with van der Waals surface area (Å²) in [6.45, 7) is 0. The summed E-state index contributed by atoms with van der Waals surface area (Å²) >= 11 is 4.35. The number of nitrogens with zero attached hydrogens (tertiary/aromatic N) is 1. The van der Waals surface area contributed by atoms with Crippen LogP contribution in [0.4, 0.5) is 0 Å². The maximum atomic E-state index is 12.0. The van der Waals surface area contributed by atoms with Gasteiger partial charge in [0, 0.05) is 28.5 Å². The molecule has 84 valence electrons. The fraction of sp³-hybridized carbons (Fsp3) is 0.0769. The van der Waals surface area contributed by atoms with E-state index in [0.717, 1.165) is 15.2 Å². The summed E-state index contributed by atoms with van der Waals surface area (Å²) in [5, 5.41) is 1.56. The Morgan fingerprint density at radius 2 is 1.65 bits per heavy atom. The molecule has 2 amide bonds. The minimum atomic E-state index is -0.257. The van der Waals surface area contributed by atoms with Gasteiger partial charge in [-0.1, -0.05) is 12.1 Å². The molecule has 0 bridgehead atoms. The van der Waals surface area contributed by atoms with Gasteiger partial charge in [-0.25, -0.2) is 0 Å². The number of rotatable bonds is 0. The minimum Gasteiger partial charge on any atom is -0.277 e. The van der Waals surface area contributed by atoms with Crippen LogP contribution in [0.5, 0.6) is 0 Å². The molecule has 0 unspecified atom stereocenters. The zero-order chi connectivity index (χ0) is 12.2. The maximum Gasteiger partial charge on any atom is 0.261 e. The normalized spacial score (nSPS) is 14.6. The van der Waals surface area contributed by atoms with Gasteiger partial charge in [0.1, 0.15) is 0 Å². The molecule has 17 heavy (non-hydrogen) atoms. The van der Waals surface area contributed by atoms with Crippen LogP contribution in [0, 0.1) is 0 Å². The highest BCUT2D eigenvalue weighted by molar-refractivity contribution is 7.80. The van der Waals surface area contributed by atoms with Gasteiger partial charge in [0.15, 0.2) is 0 Å². The Morgan fingerprint density at radius 1 is 1.00 bits per heavy atom. The Kier molecular flexibility index (Phi) is 2.03. The molecule has 0 aliphatic carbocycles. The molecule has 0 spiro atoms. The number of carbonyl (C=O) groups is 2. The van der Waals surface area contributed by atoms with Crippen molar-refractivity contribution in [3.63, 3.8) is 0 Å². The van der Waals surface area contributed by atoms with Crippen LogP contribution >= 0.6 is 12.6 Å². The van der Waals surface area contributed by atoms with Crippen LogP contribution in [-0.2, 0) is 0 Å². The molecule has 1 heterocycles. The van der Waals surface area contributed by atoms with E-state index in [-0.39, 0.29) is 11.8 Å². The number of benzene rings is 2. The molecule has 0 fully saturated rings. The van der Waals surface area contributed by atoms with Gasteiger partial charge in [-0.3, -0.25) is 14.5 Å². The van der Waals surface area contributed by atoms with Crippen molar-refractivity contribution >= 4 is 35.2 Å². The molecule has 2 aromatic carbocycles. The number of thiol groups is 1. The fourth-order valence-corrected chi connectivity index (χ4v) is 2.46. The highest BCUT2D eigenvalue weighted by Gasteiger charge is 2.30. The van der Waals surface area contributed by atoms with Gasteiger partial charge in [-0.15, -0.1) is 12.6 Å². The Balaban J connectivity index is 2.54. The summed E-state index contributed by atoms with van der Waals surface area (Å²) in [6.07, 6.45) is 0.